The van der Waals surface area contributed by atoms with Crippen LogP contribution in [-0.2, 0) is 4.79 Å². The molecule has 0 spiro atoms. The molecule has 2 atom stereocenters. The molecule has 6 heteroatoms. The summed E-state index contributed by atoms with van der Waals surface area (Å²) in [5.41, 5.74) is 6.43. The monoisotopic (exact) mass is 346 g/mol. The fourth-order valence-electron chi connectivity index (χ4n) is 2.83. The number of carbonyl (C=O) groups is 1. The predicted octanol–water partition coefficient (Wildman–Crippen LogP) is 3.86. The standard InChI is InChI=1S/C16H23ClN2O2.ClH/c1-10(2)21-15-7-6-12(8-14(15)17)19-16(20)13-5-3-4-11(13)9-18;/h6-8,10-11,13H,3-5,9,18H2,1-2H3,(H,19,20);1H/t11-,13-;/m1./s1. The normalized spacial score (nSPS) is 20.6. The maximum Gasteiger partial charge on any atom is 0.227 e. The highest BCUT2D eigenvalue weighted by molar-refractivity contribution is 6.32. The Morgan fingerprint density at radius 1 is 1.45 bits per heavy atom. The topological polar surface area (TPSA) is 64.3 Å². The summed E-state index contributed by atoms with van der Waals surface area (Å²) in [5, 5.41) is 3.44. The Balaban J connectivity index is 0.00000242. The molecule has 4 nitrogen and oxygen atoms in total. The highest BCUT2D eigenvalue weighted by Crippen LogP contribution is 2.33. The number of amides is 1. The minimum Gasteiger partial charge on any atom is -0.489 e. The number of halogens is 2. The number of ether oxygens (including phenoxy) is 1. The van der Waals surface area contributed by atoms with Gasteiger partial charge >= 0.3 is 0 Å². The lowest BCUT2D eigenvalue weighted by Crippen LogP contribution is -2.29. The zero-order valence-corrected chi connectivity index (χ0v) is 14.5. The second kappa shape index (κ2) is 8.61. The molecule has 22 heavy (non-hydrogen) atoms. The molecule has 0 bridgehead atoms. The second-order valence-electron chi connectivity index (χ2n) is 5.83. The van der Waals surface area contributed by atoms with E-state index in [9.17, 15) is 4.79 Å². The lowest BCUT2D eigenvalue weighted by molar-refractivity contribution is -0.120. The molecule has 0 aliphatic heterocycles. The number of hydrogen-bond acceptors (Lipinski definition) is 3. The Morgan fingerprint density at radius 3 is 2.77 bits per heavy atom. The van der Waals surface area contributed by atoms with Crippen molar-refractivity contribution in [2.24, 2.45) is 17.6 Å². The second-order valence-corrected chi connectivity index (χ2v) is 6.24. The summed E-state index contributed by atoms with van der Waals surface area (Å²) in [4.78, 5) is 12.3. The van der Waals surface area contributed by atoms with Crippen molar-refractivity contribution in [1.29, 1.82) is 0 Å². The van der Waals surface area contributed by atoms with Gasteiger partial charge in [-0.25, -0.2) is 0 Å². The van der Waals surface area contributed by atoms with Crippen LogP contribution >= 0.6 is 24.0 Å². The largest absolute Gasteiger partial charge is 0.489 e. The van der Waals surface area contributed by atoms with E-state index in [0.717, 1.165) is 19.3 Å². The molecule has 1 fully saturated rings. The van der Waals surface area contributed by atoms with E-state index in [1.165, 1.54) is 0 Å². The van der Waals surface area contributed by atoms with Gasteiger partial charge in [0.15, 0.2) is 0 Å². The summed E-state index contributed by atoms with van der Waals surface area (Å²) in [6.45, 7) is 4.46. The van der Waals surface area contributed by atoms with Gasteiger partial charge in [-0.2, -0.15) is 0 Å². The van der Waals surface area contributed by atoms with Crippen LogP contribution in [0.5, 0.6) is 5.75 Å². The third kappa shape index (κ3) is 4.77. The number of nitrogens with one attached hydrogen (secondary N) is 1. The van der Waals surface area contributed by atoms with Crippen molar-refractivity contribution in [1.82, 2.24) is 0 Å². The predicted molar refractivity (Wildman–Crippen MR) is 93.0 cm³/mol. The van der Waals surface area contributed by atoms with Gasteiger partial charge in [0, 0.05) is 11.6 Å². The van der Waals surface area contributed by atoms with Crippen molar-refractivity contribution in [3.05, 3.63) is 23.2 Å². The number of carbonyl (C=O) groups excluding carboxylic acids is 1. The van der Waals surface area contributed by atoms with Gasteiger partial charge in [-0.05, 0) is 57.4 Å². The van der Waals surface area contributed by atoms with Gasteiger partial charge in [0.1, 0.15) is 5.75 Å². The molecule has 1 aromatic rings. The minimum absolute atomic E-state index is 0. The van der Waals surface area contributed by atoms with Crippen LogP contribution in [0.3, 0.4) is 0 Å². The number of nitrogens with two attached hydrogens (primary N) is 1. The minimum atomic E-state index is 0. The van der Waals surface area contributed by atoms with E-state index in [2.05, 4.69) is 5.32 Å². The van der Waals surface area contributed by atoms with Crippen LogP contribution in [0.1, 0.15) is 33.1 Å². The van der Waals surface area contributed by atoms with E-state index in [0.29, 0.717) is 28.9 Å². The highest BCUT2D eigenvalue weighted by atomic mass is 35.5. The van der Waals surface area contributed by atoms with E-state index in [4.69, 9.17) is 22.1 Å². The molecule has 1 aliphatic rings. The molecule has 124 valence electrons. The summed E-state index contributed by atoms with van der Waals surface area (Å²) in [5.74, 6) is 0.978. The van der Waals surface area contributed by atoms with Gasteiger partial charge < -0.3 is 15.8 Å². The number of benzene rings is 1. The van der Waals surface area contributed by atoms with E-state index >= 15 is 0 Å². The SMILES string of the molecule is CC(C)Oc1ccc(NC(=O)[C@@H]2CCC[C@@H]2CN)cc1Cl.Cl. The van der Waals surface area contributed by atoms with Crippen LogP contribution in [0.15, 0.2) is 18.2 Å². The van der Waals surface area contributed by atoms with E-state index in [-0.39, 0.29) is 30.3 Å². The van der Waals surface area contributed by atoms with Gasteiger partial charge in [-0.15, -0.1) is 12.4 Å². The maximum absolute atomic E-state index is 12.3. The molecule has 1 aliphatic carbocycles. The van der Waals surface area contributed by atoms with Crippen LogP contribution in [0.2, 0.25) is 5.02 Å². The van der Waals surface area contributed by atoms with Crippen LogP contribution in [0, 0.1) is 11.8 Å². The average molecular weight is 347 g/mol. The van der Waals surface area contributed by atoms with E-state index in [1.807, 2.05) is 19.9 Å². The zero-order valence-electron chi connectivity index (χ0n) is 13.0. The Kier molecular flexibility index (Phi) is 7.46. The first-order valence-electron chi connectivity index (χ1n) is 7.48. The van der Waals surface area contributed by atoms with Crippen molar-refractivity contribution >= 4 is 35.6 Å². The van der Waals surface area contributed by atoms with Gasteiger partial charge in [0.05, 0.1) is 11.1 Å². The molecule has 0 radical (unpaired) electrons. The smallest absolute Gasteiger partial charge is 0.227 e. The van der Waals surface area contributed by atoms with Crippen LogP contribution in [0.25, 0.3) is 0 Å². The maximum atomic E-state index is 12.3. The van der Waals surface area contributed by atoms with Crippen LogP contribution in [0.4, 0.5) is 5.69 Å². The number of hydrogen-bond donors (Lipinski definition) is 2. The van der Waals surface area contributed by atoms with Crippen molar-refractivity contribution in [3.8, 4) is 5.75 Å². The molecule has 3 N–H and O–H groups in total. The molecule has 0 aromatic heterocycles. The van der Waals surface area contributed by atoms with E-state index in [1.54, 1.807) is 12.1 Å². The summed E-state index contributed by atoms with van der Waals surface area (Å²) >= 11 is 6.18. The summed E-state index contributed by atoms with van der Waals surface area (Å²) < 4.78 is 5.58. The average Bonchev–Trinajstić information content (AvgIpc) is 2.90. The van der Waals surface area contributed by atoms with Crippen LogP contribution in [-0.4, -0.2) is 18.6 Å². The number of rotatable bonds is 5. The van der Waals surface area contributed by atoms with Crippen LogP contribution < -0.4 is 15.8 Å². The van der Waals surface area contributed by atoms with Crippen molar-refractivity contribution < 1.29 is 9.53 Å². The molecular weight excluding hydrogens is 323 g/mol. The number of anilines is 1. The van der Waals surface area contributed by atoms with Gasteiger partial charge in [-0.1, -0.05) is 18.0 Å². The Hall–Kier alpha value is -0.970. The first-order valence-corrected chi connectivity index (χ1v) is 7.86. The van der Waals surface area contributed by atoms with E-state index < -0.39 is 0 Å². The van der Waals surface area contributed by atoms with Gasteiger partial charge in [-0.3, -0.25) is 4.79 Å². The molecular formula is C16H24Cl2N2O2. The van der Waals surface area contributed by atoms with Gasteiger partial charge in [0.25, 0.3) is 0 Å². The first-order chi connectivity index (χ1) is 10.0. The molecule has 0 saturated heterocycles. The van der Waals surface area contributed by atoms with Crippen molar-refractivity contribution in [3.63, 3.8) is 0 Å². The third-order valence-corrected chi connectivity index (χ3v) is 4.16. The Labute approximate surface area is 143 Å². The quantitative estimate of drug-likeness (QED) is 0.850. The zero-order chi connectivity index (χ0) is 15.4. The van der Waals surface area contributed by atoms with Crippen molar-refractivity contribution in [2.75, 3.05) is 11.9 Å². The Bertz CT molecular complexity index is 509. The molecule has 1 amide bonds. The third-order valence-electron chi connectivity index (χ3n) is 3.86. The molecule has 0 unspecified atom stereocenters. The van der Waals surface area contributed by atoms with Crippen molar-refractivity contribution in [2.45, 2.75) is 39.2 Å². The molecule has 1 aromatic carbocycles. The fraction of sp³-hybridized carbons (Fsp3) is 0.562. The lowest BCUT2D eigenvalue weighted by atomic mass is 9.95. The highest BCUT2D eigenvalue weighted by Gasteiger charge is 2.31. The molecule has 0 heterocycles. The first kappa shape index (κ1) is 19.1. The molecule has 2 rings (SSSR count). The molecule has 1 saturated carbocycles. The lowest BCUT2D eigenvalue weighted by Gasteiger charge is -2.18. The summed E-state index contributed by atoms with van der Waals surface area (Å²) in [6.07, 6.45) is 3.08. The summed E-state index contributed by atoms with van der Waals surface area (Å²) in [6, 6.07) is 5.32. The Morgan fingerprint density at radius 2 is 2.18 bits per heavy atom. The van der Waals surface area contributed by atoms with Gasteiger partial charge in [0.2, 0.25) is 5.91 Å². The summed E-state index contributed by atoms with van der Waals surface area (Å²) in [7, 11) is 0. The fourth-order valence-corrected chi connectivity index (χ4v) is 3.05.